The molecule has 2 amide bonds. The van der Waals surface area contributed by atoms with Crippen molar-refractivity contribution in [1.82, 2.24) is 15.2 Å². The third kappa shape index (κ3) is 4.32. The number of amides is 2. The molecule has 0 saturated carbocycles. The fourth-order valence-corrected chi connectivity index (χ4v) is 3.86. The maximum atomic E-state index is 12.3. The van der Waals surface area contributed by atoms with Crippen LogP contribution in [0.5, 0.6) is 0 Å². The Morgan fingerprint density at radius 2 is 2.12 bits per heavy atom. The number of pyridine rings is 1. The molecular weight excluding hydrogens is 334 g/mol. The lowest BCUT2D eigenvalue weighted by Gasteiger charge is -2.25. The molecule has 0 bridgehead atoms. The minimum Gasteiger partial charge on any atom is -0.383 e. The summed E-state index contributed by atoms with van der Waals surface area (Å²) in [6, 6.07) is 13.5. The van der Waals surface area contributed by atoms with Crippen LogP contribution < -0.4 is 5.32 Å². The highest BCUT2D eigenvalue weighted by atomic mass is 32.2. The first-order valence-corrected chi connectivity index (χ1v) is 9.42. The number of likely N-dealkylation sites (tertiary alicyclic amines) is 1. The van der Waals surface area contributed by atoms with Gasteiger partial charge in [-0.3, -0.25) is 0 Å². The summed E-state index contributed by atoms with van der Waals surface area (Å²) in [6.45, 7) is 3.45. The Bertz CT molecular complexity index is 726. The number of thioether (sulfide) groups is 1. The minimum atomic E-state index is -0.953. The van der Waals surface area contributed by atoms with Gasteiger partial charge in [0.05, 0.1) is 11.6 Å². The summed E-state index contributed by atoms with van der Waals surface area (Å²) >= 11 is 1.61. The van der Waals surface area contributed by atoms with Crippen LogP contribution in [-0.2, 0) is 5.60 Å². The maximum Gasteiger partial charge on any atom is 0.317 e. The van der Waals surface area contributed by atoms with Gasteiger partial charge in [0.25, 0.3) is 0 Å². The molecule has 1 fully saturated rings. The van der Waals surface area contributed by atoms with Crippen LogP contribution in [-0.4, -0.2) is 46.4 Å². The molecule has 0 unspecified atom stereocenters. The zero-order chi connectivity index (χ0) is 17.7. The number of carbonyl (C=O) groups is 1. The average molecular weight is 357 g/mol. The number of carbonyl (C=O) groups excluding carboxylic acids is 1. The van der Waals surface area contributed by atoms with Crippen LogP contribution in [0.25, 0.3) is 0 Å². The van der Waals surface area contributed by atoms with Crippen molar-refractivity contribution in [2.75, 3.05) is 25.4 Å². The molecule has 2 aromatic rings. The van der Waals surface area contributed by atoms with E-state index in [9.17, 15) is 9.90 Å². The average Bonchev–Trinajstić information content (AvgIpc) is 3.03. The van der Waals surface area contributed by atoms with Gasteiger partial charge >= 0.3 is 6.03 Å². The van der Waals surface area contributed by atoms with Crippen molar-refractivity contribution in [3.63, 3.8) is 0 Å². The number of benzene rings is 1. The first-order valence-electron chi connectivity index (χ1n) is 8.44. The fraction of sp³-hybridized carbons (Fsp3) is 0.368. The number of nitrogens with one attached hydrogen (secondary N) is 1. The van der Waals surface area contributed by atoms with E-state index in [1.807, 2.05) is 49.4 Å². The number of β-amino-alcohol motifs (C(OH)–C–C–N with tert-alkyl or cyclic N) is 1. The van der Waals surface area contributed by atoms with E-state index in [1.54, 1.807) is 22.9 Å². The van der Waals surface area contributed by atoms with Gasteiger partial charge in [0.2, 0.25) is 0 Å². The van der Waals surface area contributed by atoms with E-state index in [0.717, 1.165) is 21.9 Å². The van der Waals surface area contributed by atoms with Gasteiger partial charge in [-0.25, -0.2) is 9.78 Å². The molecule has 1 aliphatic rings. The topological polar surface area (TPSA) is 65.5 Å². The summed E-state index contributed by atoms with van der Waals surface area (Å²) in [7, 11) is 0. The molecular formula is C19H23N3O2S. The van der Waals surface area contributed by atoms with E-state index >= 15 is 0 Å². The first kappa shape index (κ1) is 17.8. The molecule has 2 heterocycles. The molecule has 25 heavy (non-hydrogen) atoms. The van der Waals surface area contributed by atoms with Crippen molar-refractivity contribution < 1.29 is 9.90 Å². The van der Waals surface area contributed by atoms with E-state index in [0.29, 0.717) is 26.1 Å². The van der Waals surface area contributed by atoms with Crippen LogP contribution in [0.3, 0.4) is 0 Å². The van der Waals surface area contributed by atoms with Crippen molar-refractivity contribution in [2.24, 2.45) is 0 Å². The Morgan fingerprint density at radius 3 is 2.88 bits per heavy atom. The Labute approximate surface area is 152 Å². The largest absolute Gasteiger partial charge is 0.383 e. The summed E-state index contributed by atoms with van der Waals surface area (Å²) < 4.78 is 0. The van der Waals surface area contributed by atoms with Gasteiger partial charge in [-0.05, 0) is 36.6 Å². The summed E-state index contributed by atoms with van der Waals surface area (Å²) in [4.78, 5) is 18.3. The Morgan fingerprint density at radius 1 is 1.32 bits per heavy atom. The number of hydrogen-bond acceptors (Lipinski definition) is 4. The number of hydrogen-bond donors (Lipinski definition) is 2. The van der Waals surface area contributed by atoms with Crippen molar-refractivity contribution in [1.29, 1.82) is 0 Å². The smallest absolute Gasteiger partial charge is 0.317 e. The van der Waals surface area contributed by atoms with Crippen LogP contribution in [0, 0.1) is 6.92 Å². The maximum absolute atomic E-state index is 12.3. The van der Waals surface area contributed by atoms with E-state index in [2.05, 4.69) is 10.3 Å². The van der Waals surface area contributed by atoms with Gasteiger partial charge in [0, 0.05) is 25.0 Å². The highest BCUT2D eigenvalue weighted by Crippen LogP contribution is 2.33. The van der Waals surface area contributed by atoms with Crippen LogP contribution in [0.4, 0.5) is 4.79 Å². The summed E-state index contributed by atoms with van der Waals surface area (Å²) in [5.74, 6) is 0.763. The molecule has 0 radical (unpaired) electrons. The Kier molecular flexibility index (Phi) is 5.60. The van der Waals surface area contributed by atoms with Gasteiger partial charge in [-0.1, -0.05) is 30.3 Å². The van der Waals surface area contributed by atoms with Crippen molar-refractivity contribution in [2.45, 2.75) is 24.0 Å². The summed E-state index contributed by atoms with van der Waals surface area (Å²) in [5, 5.41) is 14.8. The van der Waals surface area contributed by atoms with Gasteiger partial charge in [0.15, 0.2) is 0 Å². The van der Waals surface area contributed by atoms with Crippen molar-refractivity contribution in [3.8, 4) is 0 Å². The quantitative estimate of drug-likeness (QED) is 0.638. The molecule has 132 valence electrons. The number of urea groups is 1. The van der Waals surface area contributed by atoms with Crippen molar-refractivity contribution in [3.05, 3.63) is 59.8 Å². The van der Waals surface area contributed by atoms with E-state index in [1.165, 1.54) is 0 Å². The van der Waals surface area contributed by atoms with Crippen LogP contribution >= 0.6 is 11.8 Å². The molecule has 2 N–H and O–H groups in total. The van der Waals surface area contributed by atoms with Gasteiger partial charge in [-0.2, -0.15) is 0 Å². The molecule has 6 heteroatoms. The second kappa shape index (κ2) is 7.89. The minimum absolute atomic E-state index is 0.119. The number of aromatic nitrogens is 1. The SMILES string of the molecule is Cc1ccccc1[C@]1(O)CCN(C(=O)NCCSc2ccccn2)C1. The van der Waals surface area contributed by atoms with E-state index < -0.39 is 5.60 Å². The molecule has 1 aromatic carbocycles. The lowest BCUT2D eigenvalue weighted by atomic mass is 9.89. The predicted molar refractivity (Wildman–Crippen MR) is 99.6 cm³/mol. The predicted octanol–water partition coefficient (Wildman–Crippen LogP) is 2.79. The molecule has 3 rings (SSSR count). The molecule has 1 aromatic heterocycles. The van der Waals surface area contributed by atoms with Crippen LogP contribution in [0.15, 0.2) is 53.7 Å². The van der Waals surface area contributed by atoms with Gasteiger partial charge in [0.1, 0.15) is 5.60 Å². The number of aliphatic hydroxyl groups is 1. The van der Waals surface area contributed by atoms with Gasteiger partial charge < -0.3 is 15.3 Å². The molecule has 5 nitrogen and oxygen atoms in total. The molecule has 1 aliphatic heterocycles. The van der Waals surface area contributed by atoms with Crippen LogP contribution in [0.1, 0.15) is 17.5 Å². The number of aryl methyl sites for hydroxylation is 1. The highest BCUT2D eigenvalue weighted by Gasteiger charge is 2.40. The number of nitrogens with zero attached hydrogens (tertiary/aromatic N) is 2. The summed E-state index contributed by atoms with van der Waals surface area (Å²) in [6.07, 6.45) is 2.32. The lowest BCUT2D eigenvalue weighted by molar-refractivity contribution is 0.0488. The lowest BCUT2D eigenvalue weighted by Crippen LogP contribution is -2.41. The fourth-order valence-electron chi connectivity index (χ4n) is 3.14. The Hall–Kier alpha value is -2.05. The molecule has 0 spiro atoms. The zero-order valence-corrected chi connectivity index (χ0v) is 15.1. The molecule has 1 saturated heterocycles. The first-order chi connectivity index (χ1) is 12.1. The third-order valence-electron chi connectivity index (χ3n) is 4.45. The standard InChI is InChI=1S/C19H23N3O2S/c1-15-6-2-3-7-16(15)19(24)9-12-22(14-19)18(23)21-11-13-25-17-8-4-5-10-20-17/h2-8,10,24H,9,11-14H2,1H3,(H,21,23)/t19-/m0/s1. The second-order valence-corrected chi connectivity index (χ2v) is 7.38. The van der Waals surface area contributed by atoms with Crippen LogP contribution in [0.2, 0.25) is 0 Å². The second-order valence-electron chi connectivity index (χ2n) is 6.27. The van der Waals surface area contributed by atoms with E-state index in [-0.39, 0.29) is 6.03 Å². The zero-order valence-electron chi connectivity index (χ0n) is 14.3. The van der Waals surface area contributed by atoms with Crippen molar-refractivity contribution >= 4 is 17.8 Å². The molecule has 1 atom stereocenters. The highest BCUT2D eigenvalue weighted by molar-refractivity contribution is 7.99. The van der Waals surface area contributed by atoms with Gasteiger partial charge in [-0.15, -0.1) is 11.8 Å². The number of rotatable bonds is 5. The molecule has 0 aliphatic carbocycles. The van der Waals surface area contributed by atoms with E-state index in [4.69, 9.17) is 0 Å². The monoisotopic (exact) mass is 357 g/mol. The summed E-state index contributed by atoms with van der Waals surface area (Å²) in [5.41, 5.74) is 1.01. The normalized spacial score (nSPS) is 19.8. The third-order valence-corrected chi connectivity index (χ3v) is 5.39. The Balaban J connectivity index is 1.48.